The average Bonchev–Trinajstić information content (AvgIpc) is 2.50. The fraction of sp³-hybridized carbons (Fsp3) is 0.714. The number of methoxy groups -OCH3 is 1. The van der Waals surface area contributed by atoms with E-state index in [0.717, 1.165) is 18.8 Å². The number of nitrogens with two attached hydrogens (primary N) is 1. The highest BCUT2D eigenvalue weighted by Gasteiger charge is 2.01. The van der Waals surface area contributed by atoms with Crippen LogP contribution in [-0.4, -0.2) is 35.0 Å². The SMILES string of the molecule is COCCc1nncn1CCN. The highest BCUT2D eigenvalue weighted by atomic mass is 16.5. The van der Waals surface area contributed by atoms with E-state index in [9.17, 15) is 0 Å². The molecule has 0 spiro atoms. The highest BCUT2D eigenvalue weighted by Crippen LogP contribution is 1.95. The molecule has 0 bridgehead atoms. The molecule has 0 aliphatic rings. The molecule has 1 aromatic rings. The molecule has 1 heterocycles. The van der Waals surface area contributed by atoms with Crippen LogP contribution in [0.3, 0.4) is 0 Å². The Kier molecular flexibility index (Phi) is 3.69. The lowest BCUT2D eigenvalue weighted by Crippen LogP contribution is -2.13. The summed E-state index contributed by atoms with van der Waals surface area (Å²) >= 11 is 0. The Morgan fingerprint density at radius 3 is 3.17 bits per heavy atom. The number of hydrogen-bond acceptors (Lipinski definition) is 4. The van der Waals surface area contributed by atoms with E-state index in [2.05, 4.69) is 10.2 Å². The van der Waals surface area contributed by atoms with E-state index in [-0.39, 0.29) is 0 Å². The van der Waals surface area contributed by atoms with Gasteiger partial charge in [0.05, 0.1) is 6.61 Å². The molecule has 0 aliphatic carbocycles. The molecular weight excluding hydrogens is 156 g/mol. The summed E-state index contributed by atoms with van der Waals surface area (Å²) < 4.78 is 6.88. The van der Waals surface area contributed by atoms with Gasteiger partial charge in [-0.2, -0.15) is 0 Å². The van der Waals surface area contributed by atoms with Gasteiger partial charge in [-0.15, -0.1) is 10.2 Å². The van der Waals surface area contributed by atoms with Crippen molar-refractivity contribution >= 4 is 0 Å². The van der Waals surface area contributed by atoms with Crippen LogP contribution in [0.1, 0.15) is 5.82 Å². The maximum absolute atomic E-state index is 5.41. The summed E-state index contributed by atoms with van der Waals surface area (Å²) in [5.41, 5.74) is 5.41. The normalized spacial score (nSPS) is 10.5. The summed E-state index contributed by atoms with van der Waals surface area (Å²) in [6, 6.07) is 0. The van der Waals surface area contributed by atoms with Gasteiger partial charge in [-0.3, -0.25) is 0 Å². The van der Waals surface area contributed by atoms with E-state index in [1.807, 2.05) is 4.57 Å². The molecule has 0 aliphatic heterocycles. The number of nitrogens with zero attached hydrogens (tertiary/aromatic N) is 3. The predicted octanol–water partition coefficient (Wildman–Crippen LogP) is -0.574. The van der Waals surface area contributed by atoms with Crippen LogP contribution in [-0.2, 0) is 17.7 Å². The first-order chi connectivity index (χ1) is 5.88. The van der Waals surface area contributed by atoms with Crippen molar-refractivity contribution in [2.45, 2.75) is 13.0 Å². The molecular formula is C7H14N4O. The third-order valence-electron chi connectivity index (χ3n) is 1.60. The summed E-state index contributed by atoms with van der Waals surface area (Å²) in [7, 11) is 1.67. The van der Waals surface area contributed by atoms with Gasteiger partial charge in [0.1, 0.15) is 12.2 Å². The first-order valence-corrected chi connectivity index (χ1v) is 3.94. The van der Waals surface area contributed by atoms with Gasteiger partial charge in [-0.1, -0.05) is 0 Å². The van der Waals surface area contributed by atoms with Crippen molar-refractivity contribution in [3.8, 4) is 0 Å². The fourth-order valence-corrected chi connectivity index (χ4v) is 0.992. The van der Waals surface area contributed by atoms with Crippen molar-refractivity contribution in [3.05, 3.63) is 12.2 Å². The topological polar surface area (TPSA) is 66.0 Å². The van der Waals surface area contributed by atoms with Gasteiger partial charge in [0, 0.05) is 26.6 Å². The van der Waals surface area contributed by atoms with E-state index in [4.69, 9.17) is 10.5 Å². The average molecular weight is 170 g/mol. The zero-order chi connectivity index (χ0) is 8.81. The minimum absolute atomic E-state index is 0.609. The van der Waals surface area contributed by atoms with Crippen LogP contribution in [0.25, 0.3) is 0 Å². The van der Waals surface area contributed by atoms with Crippen LogP contribution < -0.4 is 5.73 Å². The summed E-state index contributed by atoms with van der Waals surface area (Å²) in [4.78, 5) is 0. The standard InChI is InChI=1S/C7H14N4O/c1-12-5-2-7-10-9-6-11(7)4-3-8/h6H,2-5,8H2,1H3. The van der Waals surface area contributed by atoms with Crippen LogP contribution in [0.4, 0.5) is 0 Å². The maximum Gasteiger partial charge on any atom is 0.135 e. The third-order valence-corrected chi connectivity index (χ3v) is 1.60. The lowest BCUT2D eigenvalue weighted by molar-refractivity contribution is 0.199. The van der Waals surface area contributed by atoms with E-state index in [1.54, 1.807) is 13.4 Å². The molecule has 0 radical (unpaired) electrons. The summed E-state index contributed by atoms with van der Waals surface area (Å²) in [5.74, 6) is 0.933. The van der Waals surface area contributed by atoms with Crippen LogP contribution in [0.2, 0.25) is 0 Å². The Bertz CT molecular complexity index is 223. The Hall–Kier alpha value is -0.940. The molecule has 0 saturated carbocycles. The molecule has 1 rings (SSSR count). The van der Waals surface area contributed by atoms with Crippen LogP contribution in [0, 0.1) is 0 Å². The molecule has 0 unspecified atom stereocenters. The quantitative estimate of drug-likeness (QED) is 0.642. The smallest absolute Gasteiger partial charge is 0.135 e. The fourth-order valence-electron chi connectivity index (χ4n) is 0.992. The van der Waals surface area contributed by atoms with Crippen molar-refractivity contribution in [3.63, 3.8) is 0 Å². The Morgan fingerprint density at radius 2 is 2.50 bits per heavy atom. The lowest BCUT2D eigenvalue weighted by atomic mass is 10.4. The lowest BCUT2D eigenvalue weighted by Gasteiger charge is -2.02. The second-order valence-corrected chi connectivity index (χ2v) is 2.47. The molecule has 0 atom stereocenters. The van der Waals surface area contributed by atoms with E-state index < -0.39 is 0 Å². The minimum atomic E-state index is 0.609. The Labute approximate surface area is 71.5 Å². The van der Waals surface area contributed by atoms with E-state index >= 15 is 0 Å². The van der Waals surface area contributed by atoms with Gasteiger partial charge in [0.15, 0.2) is 0 Å². The number of aromatic nitrogens is 3. The number of rotatable bonds is 5. The van der Waals surface area contributed by atoms with Gasteiger partial charge in [-0.05, 0) is 0 Å². The molecule has 68 valence electrons. The van der Waals surface area contributed by atoms with Crippen molar-refractivity contribution in [2.75, 3.05) is 20.3 Å². The first-order valence-electron chi connectivity index (χ1n) is 3.94. The summed E-state index contributed by atoms with van der Waals surface area (Å²) in [5, 5.41) is 7.75. The Morgan fingerprint density at radius 1 is 1.67 bits per heavy atom. The van der Waals surface area contributed by atoms with Gasteiger partial charge in [-0.25, -0.2) is 0 Å². The molecule has 1 aromatic heterocycles. The molecule has 0 aromatic carbocycles. The van der Waals surface area contributed by atoms with Crippen molar-refractivity contribution < 1.29 is 4.74 Å². The first kappa shape index (κ1) is 9.15. The summed E-state index contributed by atoms with van der Waals surface area (Å²) in [6.45, 7) is 2.05. The van der Waals surface area contributed by atoms with Crippen molar-refractivity contribution in [1.29, 1.82) is 0 Å². The monoisotopic (exact) mass is 170 g/mol. The molecule has 5 heteroatoms. The second kappa shape index (κ2) is 4.84. The zero-order valence-corrected chi connectivity index (χ0v) is 7.23. The predicted molar refractivity (Wildman–Crippen MR) is 44.7 cm³/mol. The van der Waals surface area contributed by atoms with E-state index in [0.29, 0.717) is 13.2 Å². The number of ether oxygens (including phenoxy) is 1. The molecule has 2 N–H and O–H groups in total. The summed E-state index contributed by atoms with van der Waals surface area (Å²) in [6.07, 6.45) is 2.48. The van der Waals surface area contributed by atoms with Crippen LogP contribution in [0.15, 0.2) is 6.33 Å². The maximum atomic E-state index is 5.41. The zero-order valence-electron chi connectivity index (χ0n) is 7.23. The molecule has 0 amide bonds. The van der Waals surface area contributed by atoms with Gasteiger partial charge in [0.2, 0.25) is 0 Å². The second-order valence-electron chi connectivity index (χ2n) is 2.47. The third kappa shape index (κ3) is 2.28. The highest BCUT2D eigenvalue weighted by molar-refractivity contribution is 4.85. The van der Waals surface area contributed by atoms with Crippen molar-refractivity contribution in [2.24, 2.45) is 5.73 Å². The number of hydrogen-bond donors (Lipinski definition) is 1. The van der Waals surface area contributed by atoms with Gasteiger partial charge >= 0.3 is 0 Å². The van der Waals surface area contributed by atoms with Crippen molar-refractivity contribution in [1.82, 2.24) is 14.8 Å². The van der Waals surface area contributed by atoms with E-state index in [1.165, 1.54) is 0 Å². The molecule has 0 saturated heterocycles. The minimum Gasteiger partial charge on any atom is -0.384 e. The van der Waals surface area contributed by atoms with Crippen LogP contribution in [0.5, 0.6) is 0 Å². The van der Waals surface area contributed by atoms with Gasteiger partial charge in [0.25, 0.3) is 0 Å². The van der Waals surface area contributed by atoms with Gasteiger partial charge < -0.3 is 15.0 Å². The molecule has 12 heavy (non-hydrogen) atoms. The molecule has 0 fully saturated rings. The Balaban J connectivity index is 2.51. The van der Waals surface area contributed by atoms with Crippen LogP contribution >= 0.6 is 0 Å². The largest absolute Gasteiger partial charge is 0.384 e. The molecule has 5 nitrogen and oxygen atoms in total.